The highest BCUT2D eigenvalue weighted by Crippen LogP contribution is 2.29. The van der Waals surface area contributed by atoms with Crippen molar-refractivity contribution in [3.05, 3.63) is 54.1 Å². The summed E-state index contributed by atoms with van der Waals surface area (Å²) >= 11 is 0. The van der Waals surface area contributed by atoms with Crippen LogP contribution in [0, 0.1) is 5.95 Å². The number of nitrogen functional groups attached to an aromatic ring is 1. The van der Waals surface area contributed by atoms with Crippen LogP contribution in [0.3, 0.4) is 0 Å². The largest absolute Gasteiger partial charge is 0.478 e. The summed E-state index contributed by atoms with van der Waals surface area (Å²) in [5.41, 5.74) is 8.35. The van der Waals surface area contributed by atoms with E-state index in [0.29, 0.717) is 24.0 Å². The molecule has 0 amide bonds. The number of carboxylic acid groups (broad SMARTS) is 1. The van der Waals surface area contributed by atoms with Crippen molar-refractivity contribution >= 4 is 23.0 Å². The average molecular weight is 438 g/mol. The van der Waals surface area contributed by atoms with Gasteiger partial charge in [-0.05, 0) is 37.5 Å². The van der Waals surface area contributed by atoms with E-state index in [-0.39, 0.29) is 11.3 Å². The van der Waals surface area contributed by atoms with Gasteiger partial charge in [0.05, 0.1) is 40.7 Å². The number of carbonyl (C=O) groups is 1. The number of halogens is 1. The van der Waals surface area contributed by atoms with Gasteiger partial charge in [-0.1, -0.05) is 12.1 Å². The Morgan fingerprint density at radius 1 is 1.19 bits per heavy atom. The average Bonchev–Trinajstić information content (AvgIpc) is 3.29. The molecule has 3 N–H and O–H groups in total. The minimum absolute atomic E-state index is 0.160. The number of imidazole rings is 1. The number of nitrogens with two attached hydrogens (primary N) is 1. The van der Waals surface area contributed by atoms with Gasteiger partial charge in [0, 0.05) is 19.7 Å². The summed E-state index contributed by atoms with van der Waals surface area (Å²) in [6, 6.07) is 10.0. The van der Waals surface area contributed by atoms with Crippen LogP contribution in [0.4, 0.5) is 10.3 Å². The van der Waals surface area contributed by atoms with Gasteiger partial charge in [0.2, 0.25) is 17.8 Å². The fourth-order valence-corrected chi connectivity index (χ4v) is 3.58. The fourth-order valence-electron chi connectivity index (χ4n) is 3.58. The SMILES string of the molecule is Cn1ncc(-c2cc(C(=O)O)cc(F)n2)c1OCCCCCn1c(N)nc2ccccc21. The maximum absolute atomic E-state index is 13.8. The van der Waals surface area contributed by atoms with Gasteiger partial charge in [-0.2, -0.15) is 9.49 Å². The molecule has 0 bridgehead atoms. The molecule has 0 saturated heterocycles. The zero-order chi connectivity index (χ0) is 22.7. The summed E-state index contributed by atoms with van der Waals surface area (Å²) in [4.78, 5) is 19.4. The summed E-state index contributed by atoms with van der Waals surface area (Å²) in [7, 11) is 1.70. The minimum Gasteiger partial charge on any atom is -0.478 e. The van der Waals surface area contributed by atoms with Gasteiger partial charge in [0.15, 0.2) is 0 Å². The van der Waals surface area contributed by atoms with Gasteiger partial charge >= 0.3 is 5.97 Å². The molecule has 0 spiro atoms. The number of rotatable bonds is 9. The van der Waals surface area contributed by atoms with Gasteiger partial charge in [0.25, 0.3) is 0 Å². The third kappa shape index (κ3) is 4.39. The normalized spacial score (nSPS) is 11.2. The van der Waals surface area contributed by atoms with E-state index in [1.54, 1.807) is 7.05 Å². The van der Waals surface area contributed by atoms with Gasteiger partial charge < -0.3 is 20.1 Å². The number of fused-ring (bicyclic) bond motifs is 1. The molecule has 4 rings (SSSR count). The number of benzene rings is 1. The van der Waals surface area contributed by atoms with Crippen molar-refractivity contribution in [2.45, 2.75) is 25.8 Å². The van der Waals surface area contributed by atoms with Crippen molar-refractivity contribution in [2.75, 3.05) is 12.3 Å². The molecule has 32 heavy (non-hydrogen) atoms. The molecule has 1 aromatic carbocycles. The summed E-state index contributed by atoms with van der Waals surface area (Å²) in [6.45, 7) is 1.18. The molecular weight excluding hydrogens is 415 g/mol. The molecular formula is C22H23FN6O3. The first kappa shape index (κ1) is 21.3. The quantitative estimate of drug-likeness (QED) is 0.303. The number of anilines is 1. The lowest BCUT2D eigenvalue weighted by molar-refractivity contribution is 0.0696. The van der Waals surface area contributed by atoms with Crippen LogP contribution in [0.1, 0.15) is 29.6 Å². The van der Waals surface area contributed by atoms with Crippen molar-refractivity contribution in [3.8, 4) is 17.1 Å². The molecule has 0 aliphatic heterocycles. The van der Waals surface area contributed by atoms with Crippen molar-refractivity contribution < 1.29 is 19.0 Å². The third-order valence-electron chi connectivity index (χ3n) is 5.15. The standard InChI is InChI=1S/C22H23FN6O3/c1-28-20(15(13-25-28)17-11-14(21(30)31)12-19(23)26-17)32-10-6-2-5-9-29-18-8-4-3-7-16(18)27-22(29)24/h3-4,7-8,11-13H,2,5-6,9-10H2,1H3,(H2,24,27)(H,30,31). The van der Waals surface area contributed by atoms with Crippen LogP contribution in [0.15, 0.2) is 42.6 Å². The molecule has 0 fully saturated rings. The molecule has 0 unspecified atom stereocenters. The van der Waals surface area contributed by atoms with Crippen molar-refractivity contribution in [2.24, 2.45) is 7.05 Å². The molecule has 10 heteroatoms. The number of carboxylic acids is 1. The van der Waals surface area contributed by atoms with Crippen molar-refractivity contribution in [3.63, 3.8) is 0 Å². The van der Waals surface area contributed by atoms with E-state index in [9.17, 15) is 9.18 Å². The highest BCUT2D eigenvalue weighted by molar-refractivity contribution is 5.89. The topological polar surface area (TPSA) is 121 Å². The van der Waals surface area contributed by atoms with Crippen LogP contribution in [-0.4, -0.2) is 42.0 Å². The highest BCUT2D eigenvalue weighted by Gasteiger charge is 2.17. The molecule has 4 aromatic rings. The lowest BCUT2D eigenvalue weighted by atomic mass is 10.1. The lowest BCUT2D eigenvalue weighted by Crippen LogP contribution is -2.06. The molecule has 3 aromatic heterocycles. The van der Waals surface area contributed by atoms with Crippen LogP contribution in [0.2, 0.25) is 0 Å². The van der Waals surface area contributed by atoms with Gasteiger partial charge in [-0.3, -0.25) is 0 Å². The third-order valence-corrected chi connectivity index (χ3v) is 5.15. The first-order valence-corrected chi connectivity index (χ1v) is 10.2. The molecule has 0 aliphatic carbocycles. The lowest BCUT2D eigenvalue weighted by Gasteiger charge is -2.10. The second-order valence-corrected chi connectivity index (χ2v) is 7.38. The zero-order valence-electron chi connectivity index (χ0n) is 17.5. The maximum Gasteiger partial charge on any atom is 0.335 e. The molecule has 166 valence electrons. The van der Waals surface area contributed by atoms with Crippen LogP contribution < -0.4 is 10.5 Å². The molecule has 3 heterocycles. The Kier molecular flexibility index (Phi) is 6.02. The Morgan fingerprint density at radius 2 is 2.00 bits per heavy atom. The minimum atomic E-state index is -1.23. The first-order chi connectivity index (χ1) is 15.4. The predicted molar refractivity (Wildman–Crippen MR) is 117 cm³/mol. The highest BCUT2D eigenvalue weighted by atomic mass is 19.1. The van der Waals surface area contributed by atoms with E-state index in [2.05, 4.69) is 15.1 Å². The Balaban J connectivity index is 1.35. The van der Waals surface area contributed by atoms with E-state index in [1.165, 1.54) is 16.9 Å². The second-order valence-electron chi connectivity index (χ2n) is 7.38. The van der Waals surface area contributed by atoms with Crippen molar-refractivity contribution in [1.82, 2.24) is 24.3 Å². The summed E-state index contributed by atoms with van der Waals surface area (Å²) in [6.07, 6.45) is 4.07. The molecule has 0 radical (unpaired) electrons. The van der Waals surface area contributed by atoms with Crippen LogP contribution in [-0.2, 0) is 13.6 Å². The number of hydrogen-bond donors (Lipinski definition) is 2. The monoisotopic (exact) mass is 438 g/mol. The number of nitrogens with zero attached hydrogens (tertiary/aromatic N) is 5. The van der Waals surface area contributed by atoms with E-state index < -0.39 is 11.9 Å². The number of ether oxygens (including phenoxy) is 1. The Labute approximate surface area is 183 Å². The number of aryl methyl sites for hydroxylation is 2. The first-order valence-electron chi connectivity index (χ1n) is 10.2. The van der Waals surface area contributed by atoms with E-state index in [4.69, 9.17) is 15.6 Å². The van der Waals surface area contributed by atoms with E-state index >= 15 is 0 Å². The van der Waals surface area contributed by atoms with Gasteiger partial charge in [-0.15, -0.1) is 0 Å². The summed E-state index contributed by atoms with van der Waals surface area (Å²) in [5, 5.41) is 13.3. The molecule has 0 aliphatic rings. The van der Waals surface area contributed by atoms with Crippen LogP contribution >= 0.6 is 0 Å². The van der Waals surface area contributed by atoms with E-state index in [0.717, 1.165) is 42.9 Å². The summed E-state index contributed by atoms with van der Waals surface area (Å²) in [5.74, 6) is -1.19. The van der Waals surface area contributed by atoms with E-state index in [1.807, 2.05) is 28.8 Å². The number of aromatic nitrogens is 5. The Hall–Kier alpha value is -3.95. The fraction of sp³-hybridized carbons (Fsp3) is 0.273. The van der Waals surface area contributed by atoms with Crippen LogP contribution in [0.5, 0.6) is 5.88 Å². The van der Waals surface area contributed by atoms with Gasteiger partial charge in [-0.25, -0.2) is 19.4 Å². The predicted octanol–water partition coefficient (Wildman–Crippen LogP) is 3.50. The Bertz CT molecular complexity index is 1270. The zero-order valence-corrected chi connectivity index (χ0v) is 17.5. The maximum atomic E-state index is 13.8. The molecule has 0 atom stereocenters. The smallest absolute Gasteiger partial charge is 0.335 e. The number of aromatic carboxylic acids is 1. The second kappa shape index (κ2) is 9.04. The van der Waals surface area contributed by atoms with Crippen molar-refractivity contribution in [1.29, 1.82) is 0 Å². The number of unbranched alkanes of at least 4 members (excludes halogenated alkanes) is 2. The molecule has 9 nitrogen and oxygen atoms in total. The Morgan fingerprint density at radius 3 is 2.81 bits per heavy atom. The number of para-hydroxylation sites is 2. The number of hydrogen-bond acceptors (Lipinski definition) is 6. The van der Waals surface area contributed by atoms with Gasteiger partial charge in [0.1, 0.15) is 0 Å². The molecule has 0 saturated carbocycles. The van der Waals surface area contributed by atoms with Crippen LogP contribution in [0.25, 0.3) is 22.3 Å². The number of pyridine rings is 1. The summed E-state index contributed by atoms with van der Waals surface area (Å²) < 4.78 is 23.2.